The van der Waals surface area contributed by atoms with E-state index in [4.69, 9.17) is 5.73 Å². The quantitative estimate of drug-likeness (QED) is 0.641. The van der Waals surface area contributed by atoms with Gasteiger partial charge < -0.3 is 5.73 Å². The Morgan fingerprint density at radius 3 is 2.42 bits per heavy atom. The number of nitrogen functional groups attached to an aromatic ring is 1. The van der Waals surface area contributed by atoms with Gasteiger partial charge in [-0.2, -0.15) is 0 Å². The topological polar surface area (TPSA) is 43.1 Å². The molecule has 1 unspecified atom stereocenters. The molecule has 0 fully saturated rings. The van der Waals surface area contributed by atoms with E-state index in [1.807, 2.05) is 0 Å². The Morgan fingerprint density at radius 1 is 1.11 bits per heavy atom. The van der Waals surface area contributed by atoms with Crippen LogP contribution >= 0.6 is 0 Å². The van der Waals surface area contributed by atoms with Crippen LogP contribution in [0.2, 0.25) is 0 Å². The van der Waals surface area contributed by atoms with Gasteiger partial charge >= 0.3 is 0 Å². The van der Waals surface area contributed by atoms with Crippen LogP contribution in [-0.2, 0) is 10.8 Å². The first-order valence-corrected chi connectivity index (χ1v) is 7.12. The van der Waals surface area contributed by atoms with E-state index in [0.717, 1.165) is 10.5 Å². The maximum absolute atomic E-state index is 13.1. The summed E-state index contributed by atoms with van der Waals surface area (Å²) in [5, 5.41) is 0. The maximum atomic E-state index is 13.1. The SMILES string of the molecule is CS(=O)c1ccc(C#Cc2cc(F)ccc2N)cc1. The van der Waals surface area contributed by atoms with Crippen LogP contribution in [0.4, 0.5) is 10.1 Å². The first-order valence-electron chi connectivity index (χ1n) is 5.57. The largest absolute Gasteiger partial charge is 0.398 e. The van der Waals surface area contributed by atoms with Crippen molar-refractivity contribution >= 4 is 16.5 Å². The molecule has 0 saturated heterocycles. The summed E-state index contributed by atoms with van der Waals surface area (Å²) in [4.78, 5) is 0.746. The molecule has 2 aromatic carbocycles. The molecule has 0 aliphatic carbocycles. The van der Waals surface area contributed by atoms with Gasteiger partial charge in [-0.15, -0.1) is 0 Å². The summed E-state index contributed by atoms with van der Waals surface area (Å²) < 4.78 is 24.3. The first kappa shape index (κ1) is 13.3. The van der Waals surface area contributed by atoms with Crippen LogP contribution in [0.25, 0.3) is 0 Å². The van der Waals surface area contributed by atoms with Crippen LogP contribution in [0.1, 0.15) is 11.1 Å². The third kappa shape index (κ3) is 3.43. The Balaban J connectivity index is 2.28. The summed E-state index contributed by atoms with van der Waals surface area (Å²) in [7, 11) is -1.00. The van der Waals surface area contributed by atoms with Crippen molar-refractivity contribution in [2.75, 3.05) is 12.0 Å². The lowest BCUT2D eigenvalue weighted by Gasteiger charge is -1.98. The van der Waals surface area contributed by atoms with Gasteiger partial charge in [0, 0.05) is 33.2 Å². The number of nitrogens with two attached hydrogens (primary N) is 1. The fourth-order valence-electron chi connectivity index (χ4n) is 1.51. The van der Waals surface area contributed by atoms with E-state index in [1.54, 1.807) is 30.5 Å². The van der Waals surface area contributed by atoms with Crippen molar-refractivity contribution in [3.8, 4) is 11.8 Å². The van der Waals surface area contributed by atoms with Gasteiger partial charge in [0.15, 0.2) is 0 Å². The number of halogens is 1. The Kier molecular flexibility index (Phi) is 3.98. The zero-order valence-electron chi connectivity index (χ0n) is 10.3. The summed E-state index contributed by atoms with van der Waals surface area (Å²) in [6, 6.07) is 11.2. The summed E-state index contributed by atoms with van der Waals surface area (Å²) in [5.41, 5.74) is 7.38. The monoisotopic (exact) mass is 273 g/mol. The van der Waals surface area contributed by atoms with Crippen molar-refractivity contribution < 1.29 is 8.60 Å². The smallest absolute Gasteiger partial charge is 0.124 e. The van der Waals surface area contributed by atoms with Crippen LogP contribution in [0.3, 0.4) is 0 Å². The normalized spacial score (nSPS) is 11.5. The minimum atomic E-state index is -1.00. The van der Waals surface area contributed by atoms with Crippen LogP contribution < -0.4 is 5.73 Å². The number of benzene rings is 2. The van der Waals surface area contributed by atoms with E-state index in [1.165, 1.54) is 18.2 Å². The van der Waals surface area contributed by atoms with E-state index in [-0.39, 0.29) is 5.82 Å². The molecular formula is C15H12FNOS. The van der Waals surface area contributed by atoms with Crippen molar-refractivity contribution in [2.45, 2.75) is 4.90 Å². The molecule has 2 N–H and O–H groups in total. The predicted molar refractivity (Wildman–Crippen MR) is 75.6 cm³/mol. The molecule has 2 aromatic rings. The third-order valence-corrected chi connectivity index (χ3v) is 3.48. The number of rotatable bonds is 1. The van der Waals surface area contributed by atoms with E-state index < -0.39 is 10.8 Å². The maximum Gasteiger partial charge on any atom is 0.124 e. The molecule has 2 rings (SSSR count). The van der Waals surface area contributed by atoms with Gasteiger partial charge in [-0.3, -0.25) is 4.21 Å². The van der Waals surface area contributed by atoms with Gasteiger partial charge in [-0.25, -0.2) is 4.39 Å². The van der Waals surface area contributed by atoms with Crippen molar-refractivity contribution in [3.63, 3.8) is 0 Å². The number of anilines is 1. The molecule has 0 bridgehead atoms. The fraction of sp³-hybridized carbons (Fsp3) is 0.0667. The Labute approximate surface area is 113 Å². The summed E-state index contributed by atoms with van der Waals surface area (Å²) in [6.07, 6.45) is 1.62. The van der Waals surface area contributed by atoms with E-state index in [2.05, 4.69) is 11.8 Å². The van der Waals surface area contributed by atoms with Gasteiger partial charge in [0.25, 0.3) is 0 Å². The molecule has 0 radical (unpaired) electrons. The van der Waals surface area contributed by atoms with Crippen molar-refractivity contribution in [3.05, 3.63) is 59.4 Å². The molecule has 0 amide bonds. The first-order chi connectivity index (χ1) is 9.06. The minimum Gasteiger partial charge on any atom is -0.398 e. The van der Waals surface area contributed by atoms with Gasteiger partial charge in [-0.05, 0) is 42.5 Å². The van der Waals surface area contributed by atoms with Crippen LogP contribution in [-0.4, -0.2) is 10.5 Å². The van der Waals surface area contributed by atoms with Crippen molar-refractivity contribution in [2.24, 2.45) is 0 Å². The van der Waals surface area contributed by atoms with Crippen LogP contribution in [0, 0.1) is 17.7 Å². The highest BCUT2D eigenvalue weighted by Gasteiger charge is 1.98. The highest BCUT2D eigenvalue weighted by atomic mass is 32.2. The minimum absolute atomic E-state index is 0.366. The second-order valence-corrected chi connectivity index (χ2v) is 5.34. The molecule has 19 heavy (non-hydrogen) atoms. The van der Waals surface area contributed by atoms with Crippen molar-refractivity contribution in [1.29, 1.82) is 0 Å². The predicted octanol–water partition coefficient (Wildman–Crippen LogP) is 2.55. The van der Waals surface area contributed by atoms with Gasteiger partial charge in [0.1, 0.15) is 5.82 Å². The molecule has 0 spiro atoms. The van der Waals surface area contributed by atoms with Gasteiger partial charge in [0.05, 0.1) is 5.56 Å². The van der Waals surface area contributed by atoms with E-state index in [9.17, 15) is 8.60 Å². The molecule has 2 nitrogen and oxygen atoms in total. The Hall–Kier alpha value is -2.12. The zero-order chi connectivity index (χ0) is 13.8. The Bertz CT molecular complexity index is 684. The summed E-state index contributed by atoms with van der Waals surface area (Å²) in [6.45, 7) is 0. The molecule has 0 aliphatic heterocycles. The average Bonchev–Trinajstić information content (AvgIpc) is 2.40. The lowest BCUT2D eigenvalue weighted by Crippen LogP contribution is -1.91. The van der Waals surface area contributed by atoms with E-state index in [0.29, 0.717) is 11.3 Å². The van der Waals surface area contributed by atoms with Crippen LogP contribution in [0.15, 0.2) is 47.4 Å². The van der Waals surface area contributed by atoms with E-state index >= 15 is 0 Å². The van der Waals surface area contributed by atoms with Gasteiger partial charge in [0.2, 0.25) is 0 Å². The average molecular weight is 273 g/mol. The molecule has 0 saturated carbocycles. The molecule has 96 valence electrons. The summed E-state index contributed by atoms with van der Waals surface area (Å²) >= 11 is 0. The highest BCUT2D eigenvalue weighted by molar-refractivity contribution is 7.84. The molecule has 4 heteroatoms. The number of hydrogen-bond donors (Lipinski definition) is 1. The lowest BCUT2D eigenvalue weighted by atomic mass is 10.1. The van der Waals surface area contributed by atoms with Crippen LogP contribution in [0.5, 0.6) is 0 Å². The summed E-state index contributed by atoms with van der Waals surface area (Å²) in [5.74, 6) is 5.36. The second kappa shape index (κ2) is 5.68. The molecule has 0 aliphatic rings. The molecular weight excluding hydrogens is 261 g/mol. The standard InChI is InChI=1S/C15H12FNOS/c1-19(18)14-7-3-11(4-8-14)2-5-12-10-13(16)6-9-15(12)17/h3-4,6-10H,17H2,1H3. The third-order valence-electron chi connectivity index (χ3n) is 2.54. The zero-order valence-corrected chi connectivity index (χ0v) is 11.1. The highest BCUT2D eigenvalue weighted by Crippen LogP contribution is 2.12. The Morgan fingerprint density at radius 2 is 1.79 bits per heavy atom. The van der Waals surface area contributed by atoms with Gasteiger partial charge in [-0.1, -0.05) is 11.8 Å². The lowest BCUT2D eigenvalue weighted by molar-refractivity contribution is 0.627. The second-order valence-electron chi connectivity index (χ2n) is 3.96. The fourth-order valence-corrected chi connectivity index (χ4v) is 2.03. The molecule has 0 heterocycles. The molecule has 1 atom stereocenters. The molecule has 0 aromatic heterocycles. The van der Waals surface area contributed by atoms with Crippen molar-refractivity contribution in [1.82, 2.24) is 0 Å². The number of hydrogen-bond acceptors (Lipinski definition) is 2.